The summed E-state index contributed by atoms with van der Waals surface area (Å²) >= 11 is 1.00. The minimum absolute atomic E-state index is 0.0887. The number of ether oxygens (including phenoxy) is 1. The van der Waals surface area contributed by atoms with E-state index in [1.807, 2.05) is 6.07 Å². The SMILES string of the molecule is N#Cc1ccc(NC(=O)COc2cccc(N(C(=O)C(F)(F)F)c3nc4c(s3)C[C@@H](N)CC4)c2)cc1. The predicted octanol–water partition coefficient (Wildman–Crippen LogP) is 4.08. The summed E-state index contributed by atoms with van der Waals surface area (Å²) in [5.74, 6) is -2.52. The molecule has 0 unspecified atom stereocenters. The average molecular weight is 516 g/mol. The van der Waals surface area contributed by atoms with Crippen LogP contribution in [0.3, 0.4) is 0 Å². The number of hydrogen-bond donors (Lipinski definition) is 2. The van der Waals surface area contributed by atoms with Gasteiger partial charge in [0.1, 0.15) is 5.75 Å². The zero-order valence-electron chi connectivity index (χ0n) is 18.7. The molecule has 3 N–H and O–H groups in total. The Bertz CT molecular complexity index is 1320. The van der Waals surface area contributed by atoms with Crippen LogP contribution in [-0.4, -0.2) is 35.6 Å². The number of aryl methyl sites for hydroxylation is 1. The highest BCUT2D eigenvalue weighted by atomic mass is 32.1. The summed E-state index contributed by atoms with van der Waals surface area (Å²) in [5, 5.41) is 11.3. The van der Waals surface area contributed by atoms with Crippen molar-refractivity contribution >= 4 is 39.7 Å². The molecule has 0 bridgehead atoms. The number of nitrogens with one attached hydrogen (secondary N) is 1. The number of amides is 2. The second-order valence-electron chi connectivity index (χ2n) is 8.03. The van der Waals surface area contributed by atoms with Crippen molar-refractivity contribution in [2.75, 3.05) is 16.8 Å². The molecule has 186 valence electrons. The summed E-state index contributed by atoms with van der Waals surface area (Å²) in [6.45, 7) is -0.430. The fraction of sp³-hybridized carbons (Fsp3) is 0.250. The summed E-state index contributed by atoms with van der Waals surface area (Å²) in [6, 6.07) is 13.5. The van der Waals surface area contributed by atoms with Crippen LogP contribution >= 0.6 is 11.3 Å². The zero-order valence-corrected chi connectivity index (χ0v) is 19.5. The molecule has 36 heavy (non-hydrogen) atoms. The highest BCUT2D eigenvalue weighted by molar-refractivity contribution is 7.16. The van der Waals surface area contributed by atoms with Gasteiger partial charge in [0.2, 0.25) is 0 Å². The molecule has 1 aromatic heterocycles. The van der Waals surface area contributed by atoms with Crippen LogP contribution < -0.4 is 20.7 Å². The standard InChI is InChI=1S/C24H20F3N5O3S/c25-24(26,27)22(34)32(23-31-19-9-6-15(29)10-20(19)36-23)17-2-1-3-18(11-17)35-13-21(33)30-16-7-4-14(12-28)5-8-16/h1-5,7-8,11,15H,6,9-10,13,29H2,(H,30,33)/t15-/m0/s1. The van der Waals surface area contributed by atoms with Crippen molar-refractivity contribution in [1.29, 1.82) is 5.26 Å². The third-order valence-corrected chi connectivity index (χ3v) is 6.45. The molecule has 0 fully saturated rings. The third kappa shape index (κ3) is 5.81. The van der Waals surface area contributed by atoms with E-state index in [9.17, 15) is 22.8 Å². The van der Waals surface area contributed by atoms with Crippen molar-refractivity contribution < 1.29 is 27.5 Å². The Labute approximate surface area is 208 Å². The van der Waals surface area contributed by atoms with Gasteiger partial charge in [0, 0.05) is 22.7 Å². The Kier molecular flexibility index (Phi) is 7.23. The number of rotatable bonds is 6. The Hall–Kier alpha value is -3.95. The number of alkyl halides is 3. The van der Waals surface area contributed by atoms with Crippen molar-refractivity contribution in [3.05, 3.63) is 64.7 Å². The van der Waals surface area contributed by atoms with E-state index < -0.39 is 24.6 Å². The fourth-order valence-electron chi connectivity index (χ4n) is 3.61. The van der Waals surface area contributed by atoms with Crippen LogP contribution in [0.5, 0.6) is 5.75 Å². The summed E-state index contributed by atoms with van der Waals surface area (Å²) < 4.78 is 45.9. The van der Waals surface area contributed by atoms with Crippen molar-refractivity contribution in [2.24, 2.45) is 5.73 Å². The van der Waals surface area contributed by atoms with E-state index in [2.05, 4.69) is 10.3 Å². The van der Waals surface area contributed by atoms with Crippen molar-refractivity contribution in [3.8, 4) is 11.8 Å². The van der Waals surface area contributed by atoms with E-state index in [0.717, 1.165) is 16.2 Å². The molecule has 0 saturated heterocycles. The molecule has 0 spiro atoms. The highest BCUT2D eigenvalue weighted by Gasteiger charge is 2.45. The zero-order chi connectivity index (χ0) is 25.9. The van der Waals surface area contributed by atoms with Gasteiger partial charge in [-0.1, -0.05) is 6.07 Å². The van der Waals surface area contributed by atoms with Gasteiger partial charge in [0.15, 0.2) is 11.7 Å². The number of hydrogen-bond acceptors (Lipinski definition) is 7. The number of fused-ring (bicyclic) bond motifs is 1. The Morgan fingerprint density at radius 2 is 2.00 bits per heavy atom. The van der Waals surface area contributed by atoms with Crippen molar-refractivity contribution in [1.82, 2.24) is 4.98 Å². The largest absolute Gasteiger partial charge is 0.484 e. The van der Waals surface area contributed by atoms with Gasteiger partial charge in [0.05, 0.1) is 23.0 Å². The molecule has 12 heteroatoms. The lowest BCUT2D eigenvalue weighted by molar-refractivity contribution is -0.169. The van der Waals surface area contributed by atoms with Gasteiger partial charge >= 0.3 is 12.1 Å². The van der Waals surface area contributed by atoms with Crippen LogP contribution in [0.2, 0.25) is 0 Å². The van der Waals surface area contributed by atoms with E-state index in [1.165, 1.54) is 36.4 Å². The van der Waals surface area contributed by atoms with Gasteiger partial charge in [-0.25, -0.2) is 9.88 Å². The molecule has 2 amide bonds. The number of carbonyl (C=O) groups excluding carboxylic acids is 2. The van der Waals surface area contributed by atoms with Gasteiger partial charge in [-0.15, -0.1) is 11.3 Å². The number of nitrogens with zero attached hydrogens (tertiary/aromatic N) is 3. The molecule has 1 heterocycles. The number of nitrogens with two attached hydrogens (primary N) is 1. The molecular weight excluding hydrogens is 495 g/mol. The van der Waals surface area contributed by atoms with Crippen LogP contribution in [0.15, 0.2) is 48.5 Å². The van der Waals surface area contributed by atoms with Crippen LogP contribution in [0.25, 0.3) is 0 Å². The monoisotopic (exact) mass is 515 g/mol. The average Bonchev–Trinajstić information content (AvgIpc) is 3.25. The smallest absolute Gasteiger partial charge is 0.472 e. The van der Waals surface area contributed by atoms with E-state index >= 15 is 0 Å². The molecule has 2 aromatic carbocycles. The van der Waals surface area contributed by atoms with Gasteiger partial charge in [-0.2, -0.15) is 18.4 Å². The van der Waals surface area contributed by atoms with Crippen molar-refractivity contribution in [3.63, 3.8) is 0 Å². The molecule has 3 aromatic rings. The van der Waals surface area contributed by atoms with E-state index in [1.54, 1.807) is 12.1 Å². The Morgan fingerprint density at radius 1 is 1.25 bits per heavy atom. The Morgan fingerprint density at radius 3 is 2.69 bits per heavy atom. The predicted molar refractivity (Wildman–Crippen MR) is 127 cm³/mol. The summed E-state index contributed by atoms with van der Waals surface area (Å²) in [5.41, 5.74) is 7.40. The molecular formula is C24H20F3N5O3S. The topological polar surface area (TPSA) is 121 Å². The minimum Gasteiger partial charge on any atom is -0.484 e. The van der Waals surface area contributed by atoms with Crippen LogP contribution in [-0.2, 0) is 22.4 Å². The highest BCUT2D eigenvalue weighted by Crippen LogP contribution is 2.38. The Balaban J connectivity index is 1.53. The van der Waals surface area contributed by atoms with Gasteiger partial charge in [0.25, 0.3) is 5.91 Å². The number of anilines is 3. The number of aromatic nitrogens is 1. The van der Waals surface area contributed by atoms with Crippen LogP contribution in [0.4, 0.5) is 29.7 Å². The number of halogens is 3. The quantitative estimate of drug-likeness (QED) is 0.510. The molecule has 1 atom stereocenters. The van der Waals surface area contributed by atoms with Crippen molar-refractivity contribution in [2.45, 2.75) is 31.5 Å². The van der Waals surface area contributed by atoms with E-state index in [4.69, 9.17) is 15.7 Å². The maximum atomic E-state index is 13.5. The lowest BCUT2D eigenvalue weighted by atomic mass is 9.99. The maximum absolute atomic E-state index is 13.5. The lowest BCUT2D eigenvalue weighted by Crippen LogP contribution is -2.38. The number of carbonyl (C=O) groups is 2. The van der Waals surface area contributed by atoms with Gasteiger partial charge < -0.3 is 15.8 Å². The second kappa shape index (κ2) is 10.3. The first-order valence-electron chi connectivity index (χ1n) is 10.8. The molecule has 0 saturated carbocycles. The molecule has 8 nitrogen and oxygen atoms in total. The molecule has 0 aliphatic heterocycles. The van der Waals surface area contributed by atoms with E-state index in [-0.39, 0.29) is 22.6 Å². The fourth-order valence-corrected chi connectivity index (χ4v) is 4.83. The normalized spacial score (nSPS) is 14.9. The lowest BCUT2D eigenvalue weighted by Gasteiger charge is -2.21. The molecule has 0 radical (unpaired) electrons. The molecule has 1 aliphatic carbocycles. The van der Waals surface area contributed by atoms with Crippen LogP contribution in [0, 0.1) is 11.3 Å². The van der Waals surface area contributed by atoms with Crippen LogP contribution in [0.1, 0.15) is 22.6 Å². The second-order valence-corrected chi connectivity index (χ2v) is 9.09. The van der Waals surface area contributed by atoms with E-state index in [0.29, 0.717) is 41.1 Å². The van der Waals surface area contributed by atoms with Gasteiger partial charge in [-0.3, -0.25) is 9.59 Å². The third-order valence-electron chi connectivity index (χ3n) is 5.35. The first kappa shape index (κ1) is 25.2. The number of thiazole rings is 1. The first-order chi connectivity index (χ1) is 17.1. The number of benzene rings is 2. The molecule has 4 rings (SSSR count). The minimum atomic E-state index is -5.14. The summed E-state index contributed by atoms with van der Waals surface area (Å²) in [7, 11) is 0. The van der Waals surface area contributed by atoms with Gasteiger partial charge in [-0.05, 0) is 55.7 Å². The summed E-state index contributed by atoms with van der Waals surface area (Å²) in [6.07, 6.45) is -3.46. The molecule has 1 aliphatic rings. The maximum Gasteiger partial charge on any atom is 0.472 e. The first-order valence-corrected chi connectivity index (χ1v) is 11.6. The summed E-state index contributed by atoms with van der Waals surface area (Å²) in [4.78, 5) is 30.2. The number of nitriles is 1.